The maximum absolute atomic E-state index is 13.0. The zero-order valence-corrected chi connectivity index (χ0v) is 17.0. The summed E-state index contributed by atoms with van der Waals surface area (Å²) >= 11 is 0. The molecule has 0 aliphatic rings. The van der Waals surface area contributed by atoms with Crippen LogP contribution in [0.15, 0.2) is 83.3 Å². The van der Waals surface area contributed by atoms with Crippen molar-refractivity contribution in [2.24, 2.45) is 0 Å². The van der Waals surface area contributed by atoms with E-state index in [9.17, 15) is 9.18 Å². The Morgan fingerprint density at radius 2 is 1.71 bits per heavy atom. The second-order valence-corrected chi connectivity index (χ2v) is 7.01. The molecule has 156 valence electrons. The number of nitrogens with one attached hydrogen (secondary N) is 1. The minimum Gasteiger partial charge on any atom is -0.487 e. The smallest absolute Gasteiger partial charge is 0.251 e. The van der Waals surface area contributed by atoms with Crippen molar-refractivity contribution in [3.63, 3.8) is 0 Å². The van der Waals surface area contributed by atoms with Crippen LogP contribution in [-0.2, 0) is 13.2 Å². The van der Waals surface area contributed by atoms with Crippen LogP contribution in [0.4, 0.5) is 4.39 Å². The summed E-state index contributed by atoms with van der Waals surface area (Å²) < 4.78 is 24.5. The molecule has 0 bridgehead atoms. The van der Waals surface area contributed by atoms with Crippen molar-refractivity contribution in [1.82, 2.24) is 10.3 Å². The van der Waals surface area contributed by atoms with Gasteiger partial charge in [0.1, 0.15) is 29.6 Å². The van der Waals surface area contributed by atoms with E-state index < -0.39 is 0 Å². The largest absolute Gasteiger partial charge is 0.487 e. The molecule has 4 aromatic rings. The highest BCUT2D eigenvalue weighted by atomic mass is 19.1. The van der Waals surface area contributed by atoms with Gasteiger partial charge in [-0.1, -0.05) is 30.3 Å². The van der Waals surface area contributed by atoms with E-state index in [2.05, 4.69) is 10.3 Å². The first-order valence-corrected chi connectivity index (χ1v) is 9.86. The van der Waals surface area contributed by atoms with Gasteiger partial charge in [-0.15, -0.1) is 0 Å². The summed E-state index contributed by atoms with van der Waals surface area (Å²) in [5, 5.41) is 2.82. The van der Waals surface area contributed by atoms with Crippen LogP contribution in [0.25, 0.3) is 11.5 Å². The third kappa shape index (κ3) is 5.17. The highest BCUT2D eigenvalue weighted by molar-refractivity contribution is 5.94. The fourth-order valence-electron chi connectivity index (χ4n) is 3.00. The Labute approximate surface area is 179 Å². The lowest BCUT2D eigenvalue weighted by molar-refractivity contribution is 0.0951. The molecule has 1 N–H and O–H groups in total. The van der Waals surface area contributed by atoms with Crippen molar-refractivity contribution in [3.05, 3.63) is 107 Å². The number of carbonyl (C=O) groups is 1. The minimum absolute atomic E-state index is 0.212. The van der Waals surface area contributed by atoms with Crippen LogP contribution in [0.3, 0.4) is 0 Å². The molecule has 0 aliphatic carbocycles. The fourth-order valence-corrected chi connectivity index (χ4v) is 3.00. The molecule has 31 heavy (non-hydrogen) atoms. The van der Waals surface area contributed by atoms with Crippen molar-refractivity contribution in [1.29, 1.82) is 0 Å². The van der Waals surface area contributed by atoms with Gasteiger partial charge in [0, 0.05) is 17.7 Å². The fraction of sp³-hybridized carbons (Fsp3) is 0.120. The maximum Gasteiger partial charge on any atom is 0.251 e. The van der Waals surface area contributed by atoms with Gasteiger partial charge in [-0.2, -0.15) is 0 Å². The summed E-state index contributed by atoms with van der Waals surface area (Å²) in [5.41, 5.74) is 2.83. The van der Waals surface area contributed by atoms with E-state index in [0.29, 0.717) is 30.4 Å². The highest BCUT2D eigenvalue weighted by Crippen LogP contribution is 2.23. The van der Waals surface area contributed by atoms with E-state index >= 15 is 0 Å². The molecule has 0 spiro atoms. The first-order valence-electron chi connectivity index (χ1n) is 9.86. The molecule has 0 atom stereocenters. The minimum atomic E-state index is -0.303. The predicted octanol–water partition coefficient (Wildman–Crippen LogP) is 5.30. The number of nitrogens with zero attached hydrogens (tertiary/aromatic N) is 1. The monoisotopic (exact) mass is 416 g/mol. The normalized spacial score (nSPS) is 10.6. The molecule has 3 aromatic carbocycles. The van der Waals surface area contributed by atoms with Crippen molar-refractivity contribution in [2.75, 3.05) is 0 Å². The number of aromatic nitrogens is 1. The molecule has 0 fully saturated rings. The lowest BCUT2D eigenvalue weighted by atomic mass is 10.1. The van der Waals surface area contributed by atoms with Gasteiger partial charge >= 0.3 is 0 Å². The number of oxazole rings is 1. The third-order valence-electron chi connectivity index (χ3n) is 4.77. The van der Waals surface area contributed by atoms with E-state index in [1.807, 2.05) is 37.3 Å². The Hall–Kier alpha value is -3.93. The number of hydrogen-bond acceptors (Lipinski definition) is 4. The van der Waals surface area contributed by atoms with E-state index in [-0.39, 0.29) is 11.7 Å². The van der Waals surface area contributed by atoms with Gasteiger partial charge in [0.05, 0.1) is 0 Å². The van der Waals surface area contributed by atoms with Crippen LogP contribution in [0.5, 0.6) is 5.75 Å². The maximum atomic E-state index is 13.0. The second-order valence-electron chi connectivity index (χ2n) is 7.01. The first-order chi connectivity index (χ1) is 15.1. The Bertz CT molecular complexity index is 1150. The summed E-state index contributed by atoms with van der Waals surface area (Å²) in [4.78, 5) is 16.9. The topological polar surface area (TPSA) is 64.4 Å². The number of carbonyl (C=O) groups excluding carboxylic acids is 1. The van der Waals surface area contributed by atoms with Crippen molar-refractivity contribution in [2.45, 2.75) is 20.1 Å². The van der Waals surface area contributed by atoms with Gasteiger partial charge in [0.15, 0.2) is 0 Å². The van der Waals surface area contributed by atoms with Crippen LogP contribution in [0.1, 0.15) is 27.4 Å². The lowest BCUT2D eigenvalue weighted by Crippen LogP contribution is -2.22. The van der Waals surface area contributed by atoms with E-state index in [0.717, 1.165) is 22.6 Å². The molecule has 5 nitrogen and oxygen atoms in total. The number of amides is 1. The van der Waals surface area contributed by atoms with Crippen molar-refractivity contribution >= 4 is 5.91 Å². The number of para-hydroxylation sites is 1. The standard InChI is InChI=1S/C25H21FN2O3/c1-17-23(16-30-22-5-3-2-4-6-22)28-25(31-17)20-11-9-19(10-12-20)24(29)27-15-18-7-13-21(26)14-8-18/h2-14H,15-16H2,1H3,(H,27,29). The Morgan fingerprint density at radius 1 is 1.00 bits per heavy atom. The van der Waals surface area contributed by atoms with Crippen LogP contribution in [0, 0.1) is 12.7 Å². The molecule has 1 aromatic heterocycles. The molecule has 0 radical (unpaired) electrons. The molecule has 6 heteroatoms. The van der Waals surface area contributed by atoms with Gasteiger partial charge in [0.2, 0.25) is 5.89 Å². The van der Waals surface area contributed by atoms with Crippen molar-refractivity contribution < 1.29 is 18.3 Å². The highest BCUT2D eigenvalue weighted by Gasteiger charge is 2.13. The number of aryl methyl sites for hydroxylation is 1. The zero-order valence-electron chi connectivity index (χ0n) is 17.0. The average Bonchev–Trinajstić information content (AvgIpc) is 3.18. The van der Waals surface area contributed by atoms with Gasteiger partial charge < -0.3 is 14.5 Å². The predicted molar refractivity (Wildman–Crippen MR) is 115 cm³/mol. The number of rotatable bonds is 7. The second kappa shape index (κ2) is 9.26. The van der Waals surface area contributed by atoms with Gasteiger partial charge in [-0.25, -0.2) is 9.37 Å². The van der Waals surface area contributed by atoms with E-state index in [4.69, 9.17) is 9.15 Å². The van der Waals surface area contributed by atoms with E-state index in [1.54, 1.807) is 36.4 Å². The Balaban J connectivity index is 1.38. The molecule has 0 aliphatic heterocycles. The van der Waals surface area contributed by atoms with Crippen LogP contribution < -0.4 is 10.1 Å². The van der Waals surface area contributed by atoms with Crippen LogP contribution >= 0.6 is 0 Å². The molecule has 4 rings (SSSR count). The number of ether oxygens (including phenoxy) is 1. The quantitative estimate of drug-likeness (QED) is 0.444. The van der Waals surface area contributed by atoms with Crippen LogP contribution in [-0.4, -0.2) is 10.9 Å². The van der Waals surface area contributed by atoms with Gasteiger partial charge in [-0.05, 0) is 61.0 Å². The third-order valence-corrected chi connectivity index (χ3v) is 4.77. The molecular formula is C25H21FN2O3. The summed E-state index contributed by atoms with van der Waals surface area (Å²) in [6.45, 7) is 2.48. The molecular weight excluding hydrogens is 395 g/mol. The average molecular weight is 416 g/mol. The molecule has 1 amide bonds. The van der Waals surface area contributed by atoms with Gasteiger partial charge in [0.25, 0.3) is 5.91 Å². The SMILES string of the molecule is Cc1oc(-c2ccc(C(=O)NCc3ccc(F)cc3)cc2)nc1COc1ccccc1. The summed E-state index contributed by atoms with van der Waals surface area (Å²) in [6.07, 6.45) is 0. The summed E-state index contributed by atoms with van der Waals surface area (Å²) in [6, 6.07) is 22.6. The number of halogens is 1. The Morgan fingerprint density at radius 3 is 2.42 bits per heavy atom. The Kier molecular flexibility index (Phi) is 6.08. The lowest BCUT2D eigenvalue weighted by Gasteiger charge is -2.06. The summed E-state index contributed by atoms with van der Waals surface area (Å²) in [7, 11) is 0. The molecule has 0 unspecified atom stereocenters. The number of benzene rings is 3. The van der Waals surface area contributed by atoms with E-state index in [1.165, 1.54) is 12.1 Å². The molecule has 0 saturated carbocycles. The van der Waals surface area contributed by atoms with Gasteiger partial charge in [-0.3, -0.25) is 4.79 Å². The molecule has 1 heterocycles. The first kappa shape index (κ1) is 20.3. The van der Waals surface area contributed by atoms with Crippen LogP contribution in [0.2, 0.25) is 0 Å². The zero-order chi connectivity index (χ0) is 21.6. The summed E-state index contributed by atoms with van der Waals surface area (Å²) in [5.74, 6) is 1.41. The van der Waals surface area contributed by atoms with Crippen molar-refractivity contribution in [3.8, 4) is 17.2 Å². The molecule has 0 saturated heterocycles. The number of hydrogen-bond donors (Lipinski definition) is 1.